The summed E-state index contributed by atoms with van der Waals surface area (Å²) >= 11 is 0. The number of nitrogens with zero attached hydrogens (tertiary/aromatic N) is 5. The molecular weight excluding hydrogens is 242 g/mol. The topological polar surface area (TPSA) is 63.9 Å². The van der Waals surface area contributed by atoms with Gasteiger partial charge in [-0.1, -0.05) is 5.21 Å². The maximum atomic E-state index is 11.7. The highest BCUT2D eigenvalue weighted by molar-refractivity contribution is 5.95. The van der Waals surface area contributed by atoms with Crippen molar-refractivity contribution < 1.29 is 4.79 Å². The summed E-state index contributed by atoms with van der Waals surface area (Å²) in [5.74, 6) is 0.163. The summed E-state index contributed by atoms with van der Waals surface area (Å²) in [7, 11) is 0. The van der Waals surface area contributed by atoms with Crippen LogP contribution in [0.3, 0.4) is 0 Å². The molecule has 6 nitrogen and oxygen atoms in total. The number of aromatic nitrogens is 4. The molecule has 0 aromatic carbocycles. The number of pyridine rings is 1. The Labute approximate surface area is 111 Å². The van der Waals surface area contributed by atoms with Crippen molar-refractivity contribution in [1.29, 1.82) is 0 Å². The number of carbonyl (C=O) groups is 1. The van der Waals surface area contributed by atoms with E-state index in [-0.39, 0.29) is 5.91 Å². The number of aryl methyl sites for hydroxylation is 1. The van der Waals surface area contributed by atoms with Crippen molar-refractivity contribution in [2.75, 3.05) is 11.4 Å². The average Bonchev–Trinajstić information content (AvgIpc) is 3.07. The van der Waals surface area contributed by atoms with Gasteiger partial charge in [0.1, 0.15) is 5.69 Å². The van der Waals surface area contributed by atoms with Crippen molar-refractivity contribution in [3.63, 3.8) is 0 Å². The van der Waals surface area contributed by atoms with Crippen LogP contribution in [0.5, 0.6) is 0 Å². The number of hydrogen-bond donors (Lipinski definition) is 0. The van der Waals surface area contributed by atoms with Crippen molar-refractivity contribution in [3.05, 3.63) is 24.7 Å². The summed E-state index contributed by atoms with van der Waals surface area (Å²) < 4.78 is 1.77. The zero-order valence-electron chi connectivity index (χ0n) is 10.8. The molecule has 3 heterocycles. The highest BCUT2D eigenvalue weighted by Crippen LogP contribution is 2.25. The van der Waals surface area contributed by atoms with Gasteiger partial charge in [-0.05, 0) is 19.4 Å². The molecule has 1 amide bonds. The van der Waals surface area contributed by atoms with Crippen LogP contribution in [-0.4, -0.2) is 32.4 Å². The van der Waals surface area contributed by atoms with Crippen LogP contribution >= 0.6 is 0 Å². The molecule has 1 saturated heterocycles. The fraction of sp³-hybridized carbons (Fsp3) is 0.385. The minimum Gasteiger partial charge on any atom is -0.311 e. The second-order valence-electron chi connectivity index (χ2n) is 4.54. The van der Waals surface area contributed by atoms with Gasteiger partial charge in [-0.2, -0.15) is 0 Å². The van der Waals surface area contributed by atoms with Gasteiger partial charge < -0.3 is 4.90 Å². The zero-order valence-corrected chi connectivity index (χ0v) is 10.8. The largest absolute Gasteiger partial charge is 0.311 e. The summed E-state index contributed by atoms with van der Waals surface area (Å²) in [6, 6.07) is 1.94. The van der Waals surface area contributed by atoms with Crippen molar-refractivity contribution in [1.82, 2.24) is 20.0 Å². The molecule has 2 aromatic rings. The van der Waals surface area contributed by atoms with Crippen LogP contribution < -0.4 is 4.90 Å². The van der Waals surface area contributed by atoms with Crippen LogP contribution in [0.1, 0.15) is 19.8 Å². The van der Waals surface area contributed by atoms with Crippen LogP contribution in [0.4, 0.5) is 5.69 Å². The molecule has 2 aromatic heterocycles. The van der Waals surface area contributed by atoms with Gasteiger partial charge in [-0.3, -0.25) is 14.5 Å². The van der Waals surface area contributed by atoms with Crippen LogP contribution in [0.15, 0.2) is 24.7 Å². The van der Waals surface area contributed by atoms with Gasteiger partial charge in [0.2, 0.25) is 5.91 Å². The molecule has 1 aliphatic rings. The number of carbonyl (C=O) groups excluding carboxylic acids is 1. The molecule has 3 rings (SSSR count). The van der Waals surface area contributed by atoms with E-state index in [0.29, 0.717) is 6.42 Å². The SMILES string of the molecule is CCn1cc(-c2cncc(N3CCCC3=O)c2)nn1. The van der Waals surface area contributed by atoms with E-state index in [1.807, 2.05) is 19.2 Å². The normalized spacial score (nSPS) is 15.2. The molecule has 6 heteroatoms. The summed E-state index contributed by atoms with van der Waals surface area (Å²) in [5, 5.41) is 8.13. The third-order valence-corrected chi connectivity index (χ3v) is 3.27. The lowest BCUT2D eigenvalue weighted by molar-refractivity contribution is -0.117. The van der Waals surface area contributed by atoms with Gasteiger partial charge >= 0.3 is 0 Å². The van der Waals surface area contributed by atoms with E-state index in [4.69, 9.17) is 0 Å². The molecule has 0 atom stereocenters. The molecule has 0 spiro atoms. The van der Waals surface area contributed by atoms with E-state index in [1.54, 1.807) is 22.0 Å². The van der Waals surface area contributed by atoms with E-state index in [9.17, 15) is 4.79 Å². The second kappa shape index (κ2) is 4.79. The molecule has 1 fully saturated rings. The molecule has 0 saturated carbocycles. The number of anilines is 1. The van der Waals surface area contributed by atoms with E-state index < -0.39 is 0 Å². The van der Waals surface area contributed by atoms with Gasteiger partial charge in [0.05, 0.1) is 18.1 Å². The van der Waals surface area contributed by atoms with E-state index in [2.05, 4.69) is 15.3 Å². The maximum absolute atomic E-state index is 11.7. The highest BCUT2D eigenvalue weighted by atomic mass is 16.2. The first-order valence-electron chi connectivity index (χ1n) is 6.44. The Morgan fingerprint density at radius 1 is 1.37 bits per heavy atom. The fourth-order valence-electron chi connectivity index (χ4n) is 2.22. The first-order valence-corrected chi connectivity index (χ1v) is 6.44. The molecule has 0 unspecified atom stereocenters. The predicted molar refractivity (Wildman–Crippen MR) is 70.5 cm³/mol. The summed E-state index contributed by atoms with van der Waals surface area (Å²) in [4.78, 5) is 17.7. The van der Waals surface area contributed by atoms with Gasteiger partial charge in [-0.15, -0.1) is 5.10 Å². The Hall–Kier alpha value is -2.24. The quantitative estimate of drug-likeness (QED) is 0.835. The third-order valence-electron chi connectivity index (χ3n) is 3.27. The first kappa shape index (κ1) is 11.8. The highest BCUT2D eigenvalue weighted by Gasteiger charge is 2.22. The zero-order chi connectivity index (χ0) is 13.2. The molecule has 0 radical (unpaired) electrons. The molecular formula is C13H15N5O. The van der Waals surface area contributed by atoms with Gasteiger partial charge in [0.15, 0.2) is 0 Å². The maximum Gasteiger partial charge on any atom is 0.227 e. The standard InChI is InChI=1S/C13H15N5O/c1-2-17-9-12(15-16-17)10-6-11(8-14-7-10)18-5-3-4-13(18)19/h6-9H,2-5H2,1H3. The Morgan fingerprint density at radius 2 is 2.26 bits per heavy atom. The van der Waals surface area contributed by atoms with Crippen molar-refractivity contribution in [3.8, 4) is 11.3 Å². The second-order valence-corrected chi connectivity index (χ2v) is 4.54. The van der Waals surface area contributed by atoms with Crippen LogP contribution in [0, 0.1) is 0 Å². The molecule has 0 aliphatic carbocycles. The van der Waals surface area contributed by atoms with Crippen LogP contribution in [0.25, 0.3) is 11.3 Å². The Kier molecular flexibility index (Phi) is 2.98. The molecule has 0 N–H and O–H groups in total. The lowest BCUT2D eigenvalue weighted by Gasteiger charge is -2.15. The minimum absolute atomic E-state index is 0.163. The van der Waals surface area contributed by atoms with Crippen LogP contribution in [-0.2, 0) is 11.3 Å². The third kappa shape index (κ3) is 2.21. The molecule has 98 valence electrons. The molecule has 1 aliphatic heterocycles. The lowest BCUT2D eigenvalue weighted by atomic mass is 10.2. The Balaban J connectivity index is 1.93. The van der Waals surface area contributed by atoms with E-state index in [1.165, 1.54) is 0 Å². The number of amides is 1. The van der Waals surface area contributed by atoms with E-state index >= 15 is 0 Å². The smallest absolute Gasteiger partial charge is 0.227 e. The van der Waals surface area contributed by atoms with Crippen molar-refractivity contribution in [2.24, 2.45) is 0 Å². The number of hydrogen-bond acceptors (Lipinski definition) is 4. The summed E-state index contributed by atoms with van der Waals surface area (Å²) in [5.41, 5.74) is 2.51. The average molecular weight is 257 g/mol. The Morgan fingerprint density at radius 3 is 2.95 bits per heavy atom. The summed E-state index contributed by atoms with van der Waals surface area (Å²) in [6.45, 7) is 3.56. The van der Waals surface area contributed by atoms with Gasteiger partial charge in [0, 0.05) is 31.3 Å². The first-order chi connectivity index (χ1) is 9.28. The summed E-state index contributed by atoms with van der Waals surface area (Å²) in [6.07, 6.45) is 6.88. The monoisotopic (exact) mass is 257 g/mol. The van der Waals surface area contributed by atoms with Crippen molar-refractivity contribution >= 4 is 11.6 Å². The van der Waals surface area contributed by atoms with Crippen LogP contribution in [0.2, 0.25) is 0 Å². The Bertz CT molecular complexity index is 607. The predicted octanol–water partition coefficient (Wildman–Crippen LogP) is 1.49. The fourth-order valence-corrected chi connectivity index (χ4v) is 2.22. The van der Waals surface area contributed by atoms with Gasteiger partial charge in [-0.25, -0.2) is 0 Å². The molecule has 19 heavy (non-hydrogen) atoms. The van der Waals surface area contributed by atoms with E-state index in [0.717, 1.165) is 36.5 Å². The minimum atomic E-state index is 0.163. The van der Waals surface area contributed by atoms with Crippen molar-refractivity contribution in [2.45, 2.75) is 26.3 Å². The molecule has 0 bridgehead atoms. The lowest BCUT2D eigenvalue weighted by Crippen LogP contribution is -2.23. The van der Waals surface area contributed by atoms with Gasteiger partial charge in [0.25, 0.3) is 0 Å². The number of rotatable bonds is 3.